The molecule has 1 aliphatic rings. The smallest absolute Gasteiger partial charge is 0.222 e. The summed E-state index contributed by atoms with van der Waals surface area (Å²) in [5.41, 5.74) is 5.50. The minimum absolute atomic E-state index is 0.258. The minimum atomic E-state index is 0.258. The largest absolute Gasteiger partial charge is 0.342 e. The Balaban J connectivity index is 1.37. The number of likely N-dealkylation sites (tertiary alicyclic amines) is 1. The molecule has 4 heteroatoms. The van der Waals surface area contributed by atoms with E-state index < -0.39 is 0 Å². The molecule has 1 saturated heterocycles. The van der Waals surface area contributed by atoms with Crippen molar-refractivity contribution in [1.82, 2.24) is 14.9 Å². The molecule has 0 saturated carbocycles. The van der Waals surface area contributed by atoms with Crippen molar-refractivity contribution in [3.63, 3.8) is 0 Å². The van der Waals surface area contributed by atoms with Crippen LogP contribution in [0.2, 0.25) is 0 Å². The first-order valence-electron chi connectivity index (χ1n) is 10.9. The molecule has 4 rings (SSSR count). The topological polar surface area (TPSA) is 46.1 Å². The lowest BCUT2D eigenvalue weighted by atomic mass is 9.94. The molecule has 30 heavy (non-hydrogen) atoms. The summed E-state index contributed by atoms with van der Waals surface area (Å²) in [4.78, 5) is 24.2. The lowest BCUT2D eigenvalue weighted by Gasteiger charge is -2.32. The van der Waals surface area contributed by atoms with Crippen LogP contribution in [-0.4, -0.2) is 33.9 Å². The van der Waals surface area contributed by atoms with Gasteiger partial charge in [-0.05, 0) is 44.2 Å². The van der Waals surface area contributed by atoms with Crippen molar-refractivity contribution in [1.29, 1.82) is 0 Å². The second kappa shape index (κ2) is 9.66. The number of rotatable bonds is 6. The molecular formula is C26H29N3O. The molecule has 1 atom stereocenters. The van der Waals surface area contributed by atoms with Gasteiger partial charge in [-0.2, -0.15) is 0 Å². The van der Waals surface area contributed by atoms with Gasteiger partial charge in [-0.15, -0.1) is 0 Å². The molecule has 0 radical (unpaired) electrons. The predicted molar refractivity (Wildman–Crippen MR) is 120 cm³/mol. The van der Waals surface area contributed by atoms with E-state index in [0.717, 1.165) is 55.7 Å². The third-order valence-electron chi connectivity index (χ3n) is 5.86. The number of carbonyl (C=O) groups is 1. The predicted octanol–water partition coefficient (Wildman–Crippen LogP) is 5.18. The first-order valence-corrected chi connectivity index (χ1v) is 10.9. The molecule has 154 valence electrons. The van der Waals surface area contributed by atoms with E-state index in [0.29, 0.717) is 6.42 Å². The van der Waals surface area contributed by atoms with Crippen LogP contribution in [0.3, 0.4) is 0 Å². The SMILES string of the molecule is Cc1cccc(-c2cncc([C@@H]3CCCN(C(=O)CCCc4ccccc4)C3)n2)c1. The second-order valence-corrected chi connectivity index (χ2v) is 8.22. The highest BCUT2D eigenvalue weighted by Crippen LogP contribution is 2.27. The van der Waals surface area contributed by atoms with Crippen LogP contribution in [0.25, 0.3) is 11.3 Å². The zero-order chi connectivity index (χ0) is 20.8. The van der Waals surface area contributed by atoms with E-state index in [1.807, 2.05) is 23.4 Å². The van der Waals surface area contributed by atoms with Gasteiger partial charge in [0.2, 0.25) is 5.91 Å². The fraction of sp³-hybridized carbons (Fsp3) is 0.346. The van der Waals surface area contributed by atoms with Gasteiger partial charge >= 0.3 is 0 Å². The molecule has 1 fully saturated rings. The van der Waals surface area contributed by atoms with Gasteiger partial charge in [-0.1, -0.05) is 54.1 Å². The highest BCUT2D eigenvalue weighted by molar-refractivity contribution is 5.76. The minimum Gasteiger partial charge on any atom is -0.342 e. The Kier molecular flexibility index (Phi) is 6.53. The quantitative estimate of drug-likeness (QED) is 0.574. The van der Waals surface area contributed by atoms with Crippen LogP contribution in [0.1, 0.15) is 48.4 Å². The average Bonchev–Trinajstić information content (AvgIpc) is 2.80. The lowest BCUT2D eigenvalue weighted by Crippen LogP contribution is -2.39. The first kappa shape index (κ1) is 20.3. The molecule has 1 aromatic heterocycles. The van der Waals surface area contributed by atoms with Gasteiger partial charge < -0.3 is 4.90 Å². The van der Waals surface area contributed by atoms with Crippen LogP contribution in [0.15, 0.2) is 67.0 Å². The number of hydrogen-bond acceptors (Lipinski definition) is 3. The van der Waals surface area contributed by atoms with Gasteiger partial charge in [0.15, 0.2) is 0 Å². The van der Waals surface area contributed by atoms with Crippen LogP contribution in [0.5, 0.6) is 0 Å². The monoisotopic (exact) mass is 399 g/mol. The van der Waals surface area contributed by atoms with Gasteiger partial charge in [-0.3, -0.25) is 9.78 Å². The van der Waals surface area contributed by atoms with E-state index in [1.54, 1.807) is 0 Å². The number of benzene rings is 2. The summed E-state index contributed by atoms with van der Waals surface area (Å²) in [5.74, 6) is 0.521. The van der Waals surface area contributed by atoms with Gasteiger partial charge in [-0.25, -0.2) is 4.98 Å². The Morgan fingerprint density at radius 2 is 1.97 bits per heavy atom. The highest BCUT2D eigenvalue weighted by atomic mass is 16.2. The van der Waals surface area contributed by atoms with Crippen LogP contribution in [-0.2, 0) is 11.2 Å². The molecule has 0 spiro atoms. The maximum absolute atomic E-state index is 12.8. The highest BCUT2D eigenvalue weighted by Gasteiger charge is 2.25. The number of aryl methyl sites for hydroxylation is 2. The summed E-state index contributed by atoms with van der Waals surface area (Å²) in [7, 11) is 0. The van der Waals surface area contributed by atoms with Crippen molar-refractivity contribution in [3.8, 4) is 11.3 Å². The zero-order valence-corrected chi connectivity index (χ0v) is 17.6. The molecule has 0 N–H and O–H groups in total. The van der Waals surface area contributed by atoms with Gasteiger partial charge in [0.1, 0.15) is 0 Å². The van der Waals surface area contributed by atoms with E-state index in [-0.39, 0.29) is 11.8 Å². The normalized spacial score (nSPS) is 16.4. The van der Waals surface area contributed by atoms with E-state index in [4.69, 9.17) is 4.98 Å². The Labute approximate surface area is 179 Å². The van der Waals surface area contributed by atoms with Crippen molar-refractivity contribution in [2.75, 3.05) is 13.1 Å². The summed E-state index contributed by atoms with van der Waals surface area (Å²) in [6.07, 6.45) is 8.23. The zero-order valence-electron chi connectivity index (χ0n) is 17.6. The standard InChI is InChI=1S/C26H29N3O/c1-20-8-5-12-22(16-20)24-17-27-18-25(28-24)23-13-7-15-29(19-23)26(30)14-6-11-21-9-3-2-4-10-21/h2-5,8-10,12,16-18,23H,6-7,11,13-15,19H2,1H3/t23-/m1/s1. The Hall–Kier alpha value is -3.01. The molecule has 1 aliphatic heterocycles. The number of nitrogens with zero attached hydrogens (tertiary/aromatic N) is 3. The summed E-state index contributed by atoms with van der Waals surface area (Å²) in [6.45, 7) is 3.69. The van der Waals surface area contributed by atoms with Crippen molar-refractivity contribution < 1.29 is 4.79 Å². The van der Waals surface area contributed by atoms with Crippen LogP contribution in [0.4, 0.5) is 0 Å². The molecular weight excluding hydrogens is 370 g/mol. The number of piperidine rings is 1. The van der Waals surface area contributed by atoms with Crippen molar-refractivity contribution in [2.24, 2.45) is 0 Å². The number of hydrogen-bond donors (Lipinski definition) is 0. The lowest BCUT2D eigenvalue weighted by molar-refractivity contribution is -0.132. The molecule has 2 aromatic carbocycles. The van der Waals surface area contributed by atoms with Crippen LogP contribution >= 0.6 is 0 Å². The van der Waals surface area contributed by atoms with Crippen LogP contribution < -0.4 is 0 Å². The Morgan fingerprint density at radius 1 is 1.10 bits per heavy atom. The average molecular weight is 400 g/mol. The second-order valence-electron chi connectivity index (χ2n) is 8.22. The number of aromatic nitrogens is 2. The third-order valence-corrected chi connectivity index (χ3v) is 5.86. The summed E-state index contributed by atoms with van der Waals surface area (Å²) in [5, 5.41) is 0. The number of carbonyl (C=O) groups excluding carboxylic acids is 1. The molecule has 0 aliphatic carbocycles. The van der Waals surface area contributed by atoms with E-state index in [1.165, 1.54) is 11.1 Å². The maximum atomic E-state index is 12.8. The van der Waals surface area contributed by atoms with Gasteiger partial charge in [0, 0.05) is 37.2 Å². The first-order chi connectivity index (χ1) is 14.7. The maximum Gasteiger partial charge on any atom is 0.222 e. The van der Waals surface area contributed by atoms with Gasteiger partial charge in [0.05, 0.1) is 17.6 Å². The van der Waals surface area contributed by atoms with Gasteiger partial charge in [0.25, 0.3) is 0 Å². The van der Waals surface area contributed by atoms with Crippen molar-refractivity contribution >= 4 is 5.91 Å². The fourth-order valence-electron chi connectivity index (χ4n) is 4.21. The third kappa shape index (κ3) is 5.12. The van der Waals surface area contributed by atoms with E-state index >= 15 is 0 Å². The molecule has 0 unspecified atom stereocenters. The van der Waals surface area contributed by atoms with Crippen molar-refractivity contribution in [3.05, 3.63) is 83.8 Å². The Bertz CT molecular complexity index is 986. The molecule has 4 nitrogen and oxygen atoms in total. The van der Waals surface area contributed by atoms with E-state index in [9.17, 15) is 4.79 Å². The summed E-state index contributed by atoms with van der Waals surface area (Å²) < 4.78 is 0. The Morgan fingerprint density at radius 3 is 2.80 bits per heavy atom. The summed E-state index contributed by atoms with van der Waals surface area (Å²) >= 11 is 0. The molecule has 0 bridgehead atoms. The summed E-state index contributed by atoms with van der Waals surface area (Å²) in [6, 6.07) is 18.7. The van der Waals surface area contributed by atoms with E-state index in [2.05, 4.69) is 60.4 Å². The molecule has 3 aromatic rings. The van der Waals surface area contributed by atoms with Crippen molar-refractivity contribution in [2.45, 2.75) is 44.9 Å². The van der Waals surface area contributed by atoms with Crippen LogP contribution in [0, 0.1) is 6.92 Å². The number of amides is 1. The molecule has 1 amide bonds. The fourth-order valence-corrected chi connectivity index (χ4v) is 4.21. The molecule has 2 heterocycles.